The van der Waals surface area contributed by atoms with Crippen LogP contribution in [0.3, 0.4) is 0 Å². The molecular formula is C15H19F3N2O. The Bertz CT molecular complexity index is 502. The summed E-state index contributed by atoms with van der Waals surface area (Å²) in [5, 5.41) is 5.80. The van der Waals surface area contributed by atoms with Gasteiger partial charge in [-0.05, 0) is 37.5 Å². The lowest BCUT2D eigenvalue weighted by molar-refractivity contribution is -0.182. The maximum Gasteiger partial charge on any atom is 0.391 e. The fraction of sp³-hybridized carbons (Fsp3) is 0.533. The number of hydrogen-bond acceptors (Lipinski definition) is 2. The number of amides is 1. The minimum atomic E-state index is -4.11. The van der Waals surface area contributed by atoms with Gasteiger partial charge in [0.25, 0.3) is 0 Å². The molecule has 0 aromatic heterocycles. The SMILES string of the molecule is CC(=O)Nc1cccc(NC2CCCC(C(F)(F)F)C2)c1. The number of carbonyl (C=O) groups is 1. The third kappa shape index (κ3) is 4.65. The predicted octanol–water partition coefficient (Wildman–Crippen LogP) is 4.18. The van der Waals surface area contributed by atoms with Crippen LogP contribution in [-0.4, -0.2) is 18.1 Å². The van der Waals surface area contributed by atoms with E-state index < -0.39 is 12.1 Å². The average molecular weight is 300 g/mol. The highest BCUT2D eigenvalue weighted by atomic mass is 19.4. The second-order valence-corrected chi connectivity index (χ2v) is 5.51. The number of rotatable bonds is 3. The lowest BCUT2D eigenvalue weighted by atomic mass is 9.85. The Morgan fingerprint density at radius 1 is 1.24 bits per heavy atom. The third-order valence-electron chi connectivity index (χ3n) is 3.69. The van der Waals surface area contributed by atoms with Crippen LogP contribution in [0, 0.1) is 5.92 Å². The van der Waals surface area contributed by atoms with E-state index in [1.807, 2.05) is 0 Å². The lowest BCUT2D eigenvalue weighted by Gasteiger charge is -2.31. The van der Waals surface area contributed by atoms with Crippen LogP contribution in [0.5, 0.6) is 0 Å². The van der Waals surface area contributed by atoms with Crippen molar-refractivity contribution in [3.63, 3.8) is 0 Å². The number of carbonyl (C=O) groups excluding carboxylic acids is 1. The average Bonchev–Trinajstić information content (AvgIpc) is 2.37. The summed E-state index contributed by atoms with van der Waals surface area (Å²) >= 11 is 0. The van der Waals surface area contributed by atoms with E-state index in [0.717, 1.165) is 12.1 Å². The van der Waals surface area contributed by atoms with Crippen molar-refractivity contribution in [2.24, 2.45) is 5.92 Å². The van der Waals surface area contributed by atoms with E-state index in [9.17, 15) is 18.0 Å². The highest BCUT2D eigenvalue weighted by Crippen LogP contribution is 2.38. The van der Waals surface area contributed by atoms with Crippen LogP contribution in [0.25, 0.3) is 0 Å². The first-order valence-electron chi connectivity index (χ1n) is 7.05. The summed E-state index contributed by atoms with van der Waals surface area (Å²) in [4.78, 5) is 11.0. The molecule has 2 unspecified atom stereocenters. The first-order valence-corrected chi connectivity index (χ1v) is 7.05. The molecule has 2 atom stereocenters. The molecule has 6 heteroatoms. The topological polar surface area (TPSA) is 41.1 Å². The van der Waals surface area contributed by atoms with Crippen LogP contribution in [-0.2, 0) is 4.79 Å². The van der Waals surface area contributed by atoms with Crippen LogP contribution in [0.1, 0.15) is 32.6 Å². The standard InChI is InChI=1S/C15H19F3N2O/c1-10(21)19-13-6-3-7-14(9-13)20-12-5-2-4-11(8-12)15(16,17)18/h3,6-7,9,11-12,20H,2,4-5,8H2,1H3,(H,19,21). The molecule has 1 aliphatic carbocycles. The van der Waals surface area contributed by atoms with Crippen molar-refractivity contribution in [3.8, 4) is 0 Å². The van der Waals surface area contributed by atoms with Crippen molar-refractivity contribution in [1.82, 2.24) is 0 Å². The lowest BCUT2D eigenvalue weighted by Crippen LogP contribution is -2.34. The summed E-state index contributed by atoms with van der Waals surface area (Å²) in [5.74, 6) is -1.40. The number of benzene rings is 1. The smallest absolute Gasteiger partial charge is 0.382 e. The Balaban J connectivity index is 1.99. The molecule has 0 heterocycles. The van der Waals surface area contributed by atoms with E-state index in [4.69, 9.17) is 0 Å². The molecule has 3 nitrogen and oxygen atoms in total. The molecule has 0 aliphatic heterocycles. The summed E-state index contributed by atoms with van der Waals surface area (Å²) in [6.07, 6.45) is -2.48. The molecule has 0 bridgehead atoms. The Morgan fingerprint density at radius 2 is 1.95 bits per heavy atom. The van der Waals surface area contributed by atoms with Gasteiger partial charge in [0, 0.05) is 24.3 Å². The number of hydrogen-bond donors (Lipinski definition) is 2. The van der Waals surface area contributed by atoms with Gasteiger partial charge in [-0.3, -0.25) is 4.79 Å². The van der Waals surface area contributed by atoms with Crippen LogP contribution < -0.4 is 10.6 Å². The molecule has 1 saturated carbocycles. The first kappa shape index (κ1) is 15.7. The molecular weight excluding hydrogens is 281 g/mol. The van der Waals surface area contributed by atoms with Crippen molar-refractivity contribution in [1.29, 1.82) is 0 Å². The summed E-state index contributed by atoms with van der Waals surface area (Å²) in [7, 11) is 0. The zero-order chi connectivity index (χ0) is 15.5. The predicted molar refractivity (Wildman–Crippen MR) is 76.2 cm³/mol. The Hall–Kier alpha value is -1.72. The molecule has 1 amide bonds. The van der Waals surface area contributed by atoms with E-state index in [2.05, 4.69) is 10.6 Å². The molecule has 1 fully saturated rings. The Morgan fingerprint density at radius 3 is 2.62 bits per heavy atom. The third-order valence-corrected chi connectivity index (χ3v) is 3.69. The summed E-state index contributed by atoms with van der Waals surface area (Å²) in [6, 6.07) is 6.85. The molecule has 2 rings (SSSR count). The van der Waals surface area contributed by atoms with Gasteiger partial charge >= 0.3 is 6.18 Å². The van der Waals surface area contributed by atoms with Crippen LogP contribution >= 0.6 is 0 Å². The molecule has 116 valence electrons. The zero-order valence-corrected chi connectivity index (χ0v) is 11.8. The van der Waals surface area contributed by atoms with E-state index in [1.165, 1.54) is 6.92 Å². The molecule has 2 N–H and O–H groups in total. The number of halogens is 3. The van der Waals surface area contributed by atoms with Crippen molar-refractivity contribution in [3.05, 3.63) is 24.3 Å². The van der Waals surface area contributed by atoms with Gasteiger partial charge in [-0.25, -0.2) is 0 Å². The highest BCUT2D eigenvalue weighted by Gasteiger charge is 2.42. The maximum absolute atomic E-state index is 12.8. The zero-order valence-electron chi connectivity index (χ0n) is 11.8. The minimum Gasteiger partial charge on any atom is -0.382 e. The van der Waals surface area contributed by atoms with E-state index in [-0.39, 0.29) is 24.8 Å². The molecule has 1 aliphatic rings. The van der Waals surface area contributed by atoms with Gasteiger partial charge < -0.3 is 10.6 Å². The van der Waals surface area contributed by atoms with Crippen molar-refractivity contribution < 1.29 is 18.0 Å². The summed E-state index contributed by atoms with van der Waals surface area (Å²) in [5.41, 5.74) is 1.37. The fourth-order valence-electron chi connectivity index (χ4n) is 2.74. The Labute approximate surface area is 121 Å². The number of alkyl halides is 3. The van der Waals surface area contributed by atoms with Crippen molar-refractivity contribution in [2.75, 3.05) is 10.6 Å². The van der Waals surface area contributed by atoms with Gasteiger partial charge in [0.1, 0.15) is 0 Å². The largest absolute Gasteiger partial charge is 0.391 e. The second kappa shape index (κ2) is 6.37. The van der Waals surface area contributed by atoms with E-state index >= 15 is 0 Å². The van der Waals surface area contributed by atoms with Crippen LogP contribution in [0.4, 0.5) is 24.5 Å². The second-order valence-electron chi connectivity index (χ2n) is 5.51. The van der Waals surface area contributed by atoms with E-state index in [0.29, 0.717) is 12.1 Å². The minimum absolute atomic E-state index is 0.105. The van der Waals surface area contributed by atoms with Crippen molar-refractivity contribution >= 4 is 17.3 Å². The van der Waals surface area contributed by atoms with Gasteiger partial charge in [-0.2, -0.15) is 13.2 Å². The monoisotopic (exact) mass is 300 g/mol. The molecule has 1 aromatic carbocycles. The van der Waals surface area contributed by atoms with Gasteiger partial charge in [-0.15, -0.1) is 0 Å². The van der Waals surface area contributed by atoms with Gasteiger partial charge in [0.15, 0.2) is 0 Å². The molecule has 0 spiro atoms. The normalized spacial score (nSPS) is 22.7. The molecule has 21 heavy (non-hydrogen) atoms. The van der Waals surface area contributed by atoms with Gasteiger partial charge in [0.2, 0.25) is 5.91 Å². The maximum atomic E-state index is 12.8. The Kier molecular flexibility index (Phi) is 4.75. The van der Waals surface area contributed by atoms with Crippen LogP contribution in [0.2, 0.25) is 0 Å². The first-order chi connectivity index (χ1) is 9.84. The molecule has 1 aromatic rings. The quantitative estimate of drug-likeness (QED) is 0.879. The molecule has 0 radical (unpaired) electrons. The molecule has 0 saturated heterocycles. The van der Waals surface area contributed by atoms with E-state index in [1.54, 1.807) is 24.3 Å². The summed E-state index contributed by atoms with van der Waals surface area (Å²) < 4.78 is 38.4. The van der Waals surface area contributed by atoms with Gasteiger partial charge in [0.05, 0.1) is 5.92 Å². The summed E-state index contributed by atoms with van der Waals surface area (Å²) in [6.45, 7) is 1.41. The van der Waals surface area contributed by atoms with Crippen LogP contribution in [0.15, 0.2) is 24.3 Å². The number of anilines is 2. The fourth-order valence-corrected chi connectivity index (χ4v) is 2.74. The van der Waals surface area contributed by atoms with Crippen molar-refractivity contribution in [2.45, 2.75) is 44.8 Å². The number of nitrogens with one attached hydrogen (secondary N) is 2. The van der Waals surface area contributed by atoms with Gasteiger partial charge in [-0.1, -0.05) is 12.5 Å². The highest BCUT2D eigenvalue weighted by molar-refractivity contribution is 5.89.